The first kappa shape index (κ1) is 10.7. The summed E-state index contributed by atoms with van der Waals surface area (Å²) in [6.07, 6.45) is 3.69. The molecule has 14 heavy (non-hydrogen) atoms. The molecule has 0 amide bonds. The SMILES string of the molecule is Cc1cnccc1CNCCC(=O)O. The second-order valence-electron chi connectivity index (χ2n) is 3.12. The summed E-state index contributed by atoms with van der Waals surface area (Å²) >= 11 is 0. The van der Waals surface area contributed by atoms with Crippen molar-refractivity contribution in [2.75, 3.05) is 6.54 Å². The number of nitrogens with one attached hydrogen (secondary N) is 1. The fourth-order valence-electron chi connectivity index (χ4n) is 1.12. The Bertz CT molecular complexity index is 313. The Kier molecular flexibility index (Phi) is 4.07. The van der Waals surface area contributed by atoms with E-state index in [0.29, 0.717) is 13.1 Å². The maximum atomic E-state index is 10.2. The molecule has 0 bridgehead atoms. The molecule has 4 heteroatoms. The first-order valence-corrected chi connectivity index (χ1v) is 4.52. The van der Waals surface area contributed by atoms with Gasteiger partial charge in [-0.25, -0.2) is 0 Å². The Morgan fingerprint density at radius 3 is 3.07 bits per heavy atom. The van der Waals surface area contributed by atoms with Crippen LogP contribution in [0.2, 0.25) is 0 Å². The fraction of sp³-hybridized carbons (Fsp3) is 0.400. The van der Waals surface area contributed by atoms with Gasteiger partial charge in [0.25, 0.3) is 0 Å². The molecule has 1 aromatic heterocycles. The maximum absolute atomic E-state index is 10.2. The molecule has 0 saturated heterocycles. The van der Waals surface area contributed by atoms with Gasteiger partial charge >= 0.3 is 5.97 Å². The number of hydrogen-bond acceptors (Lipinski definition) is 3. The molecular weight excluding hydrogens is 180 g/mol. The van der Waals surface area contributed by atoms with E-state index in [1.165, 1.54) is 0 Å². The number of aromatic nitrogens is 1. The third-order valence-electron chi connectivity index (χ3n) is 1.97. The lowest BCUT2D eigenvalue weighted by Crippen LogP contribution is -2.18. The molecule has 76 valence electrons. The van der Waals surface area contributed by atoms with Gasteiger partial charge in [0.2, 0.25) is 0 Å². The summed E-state index contributed by atoms with van der Waals surface area (Å²) in [4.78, 5) is 14.2. The highest BCUT2D eigenvalue weighted by molar-refractivity contribution is 5.66. The Hall–Kier alpha value is -1.42. The molecule has 1 aromatic rings. The molecule has 4 nitrogen and oxygen atoms in total. The van der Waals surface area contributed by atoms with Crippen LogP contribution in [0.5, 0.6) is 0 Å². The molecule has 1 rings (SSSR count). The summed E-state index contributed by atoms with van der Waals surface area (Å²) < 4.78 is 0. The van der Waals surface area contributed by atoms with E-state index < -0.39 is 5.97 Å². The first-order chi connectivity index (χ1) is 6.70. The Balaban J connectivity index is 2.31. The molecule has 2 N–H and O–H groups in total. The maximum Gasteiger partial charge on any atom is 0.304 e. The molecular formula is C10H14N2O2. The lowest BCUT2D eigenvalue weighted by Gasteiger charge is -2.05. The predicted molar refractivity (Wildman–Crippen MR) is 52.9 cm³/mol. The van der Waals surface area contributed by atoms with E-state index >= 15 is 0 Å². The van der Waals surface area contributed by atoms with Gasteiger partial charge in [-0.05, 0) is 24.1 Å². The third kappa shape index (κ3) is 3.53. The van der Waals surface area contributed by atoms with E-state index in [2.05, 4.69) is 10.3 Å². The van der Waals surface area contributed by atoms with E-state index in [1.54, 1.807) is 12.4 Å². The minimum Gasteiger partial charge on any atom is -0.481 e. The summed E-state index contributed by atoms with van der Waals surface area (Å²) in [6.45, 7) is 3.18. The number of carbonyl (C=O) groups is 1. The number of carboxylic acid groups (broad SMARTS) is 1. The Morgan fingerprint density at radius 2 is 2.43 bits per heavy atom. The second kappa shape index (κ2) is 5.34. The normalized spacial score (nSPS) is 10.1. The second-order valence-corrected chi connectivity index (χ2v) is 3.12. The van der Waals surface area contributed by atoms with Crippen LogP contribution in [0.1, 0.15) is 17.5 Å². The number of hydrogen-bond donors (Lipinski definition) is 2. The number of aliphatic carboxylic acids is 1. The fourth-order valence-corrected chi connectivity index (χ4v) is 1.12. The molecule has 0 radical (unpaired) electrons. The Labute approximate surface area is 83.0 Å². The molecule has 0 aliphatic rings. The molecule has 0 unspecified atom stereocenters. The molecule has 0 spiro atoms. The van der Waals surface area contributed by atoms with Gasteiger partial charge in [-0.3, -0.25) is 9.78 Å². The molecule has 0 aliphatic heterocycles. The molecule has 0 saturated carbocycles. The van der Waals surface area contributed by atoms with Crippen LogP contribution in [0.4, 0.5) is 0 Å². The highest BCUT2D eigenvalue weighted by Gasteiger charge is 1.98. The lowest BCUT2D eigenvalue weighted by atomic mass is 10.1. The van der Waals surface area contributed by atoms with Crippen molar-refractivity contribution in [2.45, 2.75) is 19.9 Å². The highest BCUT2D eigenvalue weighted by atomic mass is 16.4. The van der Waals surface area contributed by atoms with Crippen molar-refractivity contribution in [1.82, 2.24) is 10.3 Å². The molecule has 0 aromatic carbocycles. The zero-order valence-corrected chi connectivity index (χ0v) is 8.16. The molecule has 0 aliphatic carbocycles. The summed E-state index contributed by atoms with van der Waals surface area (Å²) in [7, 11) is 0. The van der Waals surface area contributed by atoms with Crippen molar-refractivity contribution in [1.29, 1.82) is 0 Å². The number of aryl methyl sites for hydroxylation is 1. The highest BCUT2D eigenvalue weighted by Crippen LogP contribution is 2.03. The summed E-state index contributed by atoms with van der Waals surface area (Å²) in [5.74, 6) is -0.774. The number of nitrogens with zero attached hydrogens (tertiary/aromatic N) is 1. The van der Waals surface area contributed by atoms with Gasteiger partial charge in [0.05, 0.1) is 6.42 Å². The van der Waals surface area contributed by atoms with Crippen molar-refractivity contribution in [3.8, 4) is 0 Å². The molecule has 1 heterocycles. The van der Waals surface area contributed by atoms with Gasteiger partial charge in [0.15, 0.2) is 0 Å². The van der Waals surface area contributed by atoms with E-state index in [-0.39, 0.29) is 6.42 Å². The van der Waals surface area contributed by atoms with Crippen LogP contribution in [-0.4, -0.2) is 22.6 Å². The van der Waals surface area contributed by atoms with Crippen LogP contribution in [0.3, 0.4) is 0 Å². The summed E-state index contributed by atoms with van der Waals surface area (Å²) in [5.41, 5.74) is 2.28. The van der Waals surface area contributed by atoms with Gasteiger partial charge in [-0.1, -0.05) is 0 Å². The minimum absolute atomic E-state index is 0.157. The van der Waals surface area contributed by atoms with Gasteiger partial charge in [0, 0.05) is 25.5 Å². The smallest absolute Gasteiger partial charge is 0.304 e. The van der Waals surface area contributed by atoms with Crippen molar-refractivity contribution < 1.29 is 9.90 Å². The largest absolute Gasteiger partial charge is 0.481 e. The first-order valence-electron chi connectivity index (χ1n) is 4.52. The van der Waals surface area contributed by atoms with Crippen molar-refractivity contribution >= 4 is 5.97 Å². The van der Waals surface area contributed by atoms with E-state index in [0.717, 1.165) is 11.1 Å². The topological polar surface area (TPSA) is 62.2 Å². The van der Waals surface area contributed by atoms with Crippen LogP contribution in [-0.2, 0) is 11.3 Å². The predicted octanol–water partition coefficient (Wildman–Crippen LogP) is 0.954. The van der Waals surface area contributed by atoms with Crippen LogP contribution >= 0.6 is 0 Å². The molecule has 0 atom stereocenters. The zero-order valence-electron chi connectivity index (χ0n) is 8.16. The van der Waals surface area contributed by atoms with Gasteiger partial charge in [-0.2, -0.15) is 0 Å². The third-order valence-corrected chi connectivity index (χ3v) is 1.97. The van der Waals surface area contributed by atoms with Gasteiger partial charge < -0.3 is 10.4 Å². The minimum atomic E-state index is -0.774. The average molecular weight is 194 g/mol. The van der Waals surface area contributed by atoms with E-state index in [9.17, 15) is 4.79 Å². The Morgan fingerprint density at radius 1 is 1.64 bits per heavy atom. The van der Waals surface area contributed by atoms with Crippen molar-refractivity contribution in [3.63, 3.8) is 0 Å². The lowest BCUT2D eigenvalue weighted by molar-refractivity contribution is -0.136. The van der Waals surface area contributed by atoms with Gasteiger partial charge in [-0.15, -0.1) is 0 Å². The average Bonchev–Trinajstić information content (AvgIpc) is 2.15. The quantitative estimate of drug-likeness (QED) is 0.685. The monoisotopic (exact) mass is 194 g/mol. The van der Waals surface area contributed by atoms with Crippen LogP contribution in [0.25, 0.3) is 0 Å². The number of rotatable bonds is 5. The van der Waals surface area contributed by atoms with Crippen molar-refractivity contribution in [2.24, 2.45) is 0 Å². The zero-order chi connectivity index (χ0) is 10.4. The van der Waals surface area contributed by atoms with Gasteiger partial charge in [0.1, 0.15) is 0 Å². The standard InChI is InChI=1S/C10H14N2O2/c1-8-6-11-4-2-9(8)7-12-5-3-10(13)14/h2,4,6,12H,3,5,7H2,1H3,(H,13,14). The van der Waals surface area contributed by atoms with Crippen LogP contribution in [0.15, 0.2) is 18.5 Å². The van der Waals surface area contributed by atoms with Crippen LogP contribution < -0.4 is 5.32 Å². The van der Waals surface area contributed by atoms with Crippen LogP contribution in [0, 0.1) is 6.92 Å². The van der Waals surface area contributed by atoms with E-state index in [4.69, 9.17) is 5.11 Å². The van der Waals surface area contributed by atoms with E-state index in [1.807, 2.05) is 13.0 Å². The summed E-state index contributed by atoms with van der Waals surface area (Å²) in [5, 5.41) is 11.5. The number of pyridine rings is 1. The number of carboxylic acids is 1. The summed E-state index contributed by atoms with van der Waals surface area (Å²) in [6, 6.07) is 1.93. The molecule has 0 fully saturated rings. The van der Waals surface area contributed by atoms with Crippen molar-refractivity contribution in [3.05, 3.63) is 29.6 Å².